The van der Waals surface area contributed by atoms with Gasteiger partial charge in [-0.1, -0.05) is 0 Å². The molecule has 0 amide bonds. The van der Waals surface area contributed by atoms with Gasteiger partial charge in [-0.25, -0.2) is 0 Å². The van der Waals surface area contributed by atoms with E-state index in [4.69, 9.17) is 4.74 Å². The fourth-order valence-electron chi connectivity index (χ4n) is 2.28. The van der Waals surface area contributed by atoms with Gasteiger partial charge in [0.1, 0.15) is 0 Å². The van der Waals surface area contributed by atoms with Crippen LogP contribution >= 0.6 is 0 Å². The zero-order valence-corrected chi connectivity index (χ0v) is 8.38. The molecule has 76 valence electrons. The molecule has 2 aliphatic rings. The van der Waals surface area contributed by atoms with Crippen molar-refractivity contribution in [1.82, 2.24) is 10.6 Å². The van der Waals surface area contributed by atoms with E-state index in [1.807, 2.05) is 0 Å². The van der Waals surface area contributed by atoms with Crippen LogP contribution in [0.2, 0.25) is 0 Å². The van der Waals surface area contributed by atoms with Crippen molar-refractivity contribution in [2.24, 2.45) is 0 Å². The second-order valence-corrected chi connectivity index (χ2v) is 4.30. The first-order valence-corrected chi connectivity index (χ1v) is 5.42. The molecule has 0 saturated carbocycles. The van der Waals surface area contributed by atoms with E-state index in [1.54, 1.807) is 0 Å². The van der Waals surface area contributed by atoms with Gasteiger partial charge in [0.2, 0.25) is 0 Å². The van der Waals surface area contributed by atoms with E-state index < -0.39 is 0 Å². The summed E-state index contributed by atoms with van der Waals surface area (Å²) in [4.78, 5) is 0. The average molecular weight is 184 g/mol. The SMILES string of the molecule is CC1CC(N[C@@H]2CCOC2)CCN1. The first-order valence-electron chi connectivity index (χ1n) is 5.42. The largest absolute Gasteiger partial charge is 0.380 e. The van der Waals surface area contributed by atoms with E-state index in [1.165, 1.54) is 19.3 Å². The molecule has 2 saturated heterocycles. The van der Waals surface area contributed by atoms with Gasteiger partial charge in [-0.15, -0.1) is 0 Å². The molecule has 2 aliphatic heterocycles. The summed E-state index contributed by atoms with van der Waals surface area (Å²) in [5.41, 5.74) is 0. The lowest BCUT2D eigenvalue weighted by molar-refractivity contribution is 0.185. The molecule has 3 atom stereocenters. The van der Waals surface area contributed by atoms with Gasteiger partial charge in [0.15, 0.2) is 0 Å². The maximum atomic E-state index is 5.35. The molecule has 3 heteroatoms. The van der Waals surface area contributed by atoms with E-state index in [0.717, 1.165) is 19.8 Å². The Morgan fingerprint density at radius 3 is 2.92 bits per heavy atom. The van der Waals surface area contributed by atoms with Crippen LogP contribution in [0, 0.1) is 0 Å². The summed E-state index contributed by atoms with van der Waals surface area (Å²) < 4.78 is 5.35. The van der Waals surface area contributed by atoms with Gasteiger partial charge >= 0.3 is 0 Å². The standard InChI is InChI=1S/C10H20N2O/c1-8-6-9(2-4-11-8)12-10-3-5-13-7-10/h8-12H,2-7H2,1H3/t8?,9?,10-/m1/s1. The highest BCUT2D eigenvalue weighted by Crippen LogP contribution is 2.12. The monoisotopic (exact) mass is 184 g/mol. The Bertz CT molecular complexity index is 157. The third-order valence-electron chi connectivity index (χ3n) is 3.02. The van der Waals surface area contributed by atoms with Crippen LogP contribution in [0.4, 0.5) is 0 Å². The zero-order valence-electron chi connectivity index (χ0n) is 8.38. The van der Waals surface area contributed by atoms with Crippen molar-refractivity contribution >= 4 is 0 Å². The number of rotatable bonds is 2. The van der Waals surface area contributed by atoms with Gasteiger partial charge in [0, 0.05) is 24.7 Å². The second kappa shape index (κ2) is 4.40. The lowest BCUT2D eigenvalue weighted by atomic mass is 9.99. The highest BCUT2D eigenvalue weighted by Gasteiger charge is 2.23. The molecule has 0 radical (unpaired) electrons. The molecule has 2 heterocycles. The van der Waals surface area contributed by atoms with Crippen LogP contribution in [0.15, 0.2) is 0 Å². The number of ether oxygens (including phenoxy) is 1. The molecular weight excluding hydrogens is 164 g/mol. The van der Waals surface area contributed by atoms with E-state index >= 15 is 0 Å². The summed E-state index contributed by atoms with van der Waals surface area (Å²) in [5.74, 6) is 0. The Morgan fingerprint density at radius 1 is 1.31 bits per heavy atom. The normalized spacial score (nSPS) is 40.8. The Balaban J connectivity index is 1.73. The van der Waals surface area contributed by atoms with Crippen LogP contribution < -0.4 is 10.6 Å². The van der Waals surface area contributed by atoms with Crippen LogP contribution in [0.1, 0.15) is 26.2 Å². The lowest BCUT2D eigenvalue weighted by Gasteiger charge is -2.30. The van der Waals surface area contributed by atoms with E-state index in [9.17, 15) is 0 Å². The summed E-state index contributed by atoms with van der Waals surface area (Å²) in [7, 11) is 0. The Morgan fingerprint density at radius 2 is 2.23 bits per heavy atom. The molecule has 0 aromatic carbocycles. The quantitative estimate of drug-likeness (QED) is 0.656. The number of nitrogens with one attached hydrogen (secondary N) is 2. The molecular formula is C10H20N2O. The Labute approximate surface area is 80.2 Å². The van der Waals surface area contributed by atoms with Crippen molar-refractivity contribution in [3.63, 3.8) is 0 Å². The predicted octanol–water partition coefficient (Wildman–Crippen LogP) is 0.505. The molecule has 2 fully saturated rings. The molecule has 0 aromatic heterocycles. The maximum absolute atomic E-state index is 5.35. The van der Waals surface area contributed by atoms with Crippen LogP contribution in [0.25, 0.3) is 0 Å². The van der Waals surface area contributed by atoms with Gasteiger partial charge in [0.25, 0.3) is 0 Å². The molecule has 0 aromatic rings. The van der Waals surface area contributed by atoms with E-state index in [0.29, 0.717) is 18.1 Å². The van der Waals surface area contributed by atoms with E-state index in [-0.39, 0.29) is 0 Å². The number of piperidine rings is 1. The first-order chi connectivity index (χ1) is 6.34. The van der Waals surface area contributed by atoms with Crippen molar-refractivity contribution in [2.45, 2.75) is 44.3 Å². The number of hydrogen-bond acceptors (Lipinski definition) is 3. The topological polar surface area (TPSA) is 33.3 Å². The highest BCUT2D eigenvalue weighted by atomic mass is 16.5. The van der Waals surface area contributed by atoms with Crippen LogP contribution in [0.5, 0.6) is 0 Å². The smallest absolute Gasteiger partial charge is 0.0620 e. The summed E-state index contributed by atoms with van der Waals surface area (Å²) >= 11 is 0. The van der Waals surface area contributed by atoms with Gasteiger partial charge in [-0.05, 0) is 32.7 Å². The summed E-state index contributed by atoms with van der Waals surface area (Å²) in [6.07, 6.45) is 3.72. The third kappa shape index (κ3) is 2.66. The number of hydrogen-bond donors (Lipinski definition) is 2. The van der Waals surface area contributed by atoms with Gasteiger partial charge in [0.05, 0.1) is 6.61 Å². The van der Waals surface area contributed by atoms with Crippen LogP contribution in [-0.2, 0) is 4.74 Å². The van der Waals surface area contributed by atoms with Crippen molar-refractivity contribution < 1.29 is 4.74 Å². The third-order valence-corrected chi connectivity index (χ3v) is 3.02. The van der Waals surface area contributed by atoms with Gasteiger partial charge in [-0.2, -0.15) is 0 Å². The summed E-state index contributed by atoms with van der Waals surface area (Å²) in [5, 5.41) is 7.15. The molecule has 2 unspecified atom stereocenters. The van der Waals surface area contributed by atoms with Crippen molar-refractivity contribution in [3.8, 4) is 0 Å². The molecule has 0 bridgehead atoms. The summed E-state index contributed by atoms with van der Waals surface area (Å²) in [6.45, 7) is 5.28. The zero-order chi connectivity index (χ0) is 9.10. The summed E-state index contributed by atoms with van der Waals surface area (Å²) in [6, 6.07) is 2.01. The molecule has 3 nitrogen and oxygen atoms in total. The maximum Gasteiger partial charge on any atom is 0.0620 e. The minimum absolute atomic E-state index is 0.621. The second-order valence-electron chi connectivity index (χ2n) is 4.30. The van der Waals surface area contributed by atoms with Crippen molar-refractivity contribution in [1.29, 1.82) is 0 Å². The molecule has 2 N–H and O–H groups in total. The Kier molecular flexibility index (Phi) is 3.19. The highest BCUT2D eigenvalue weighted by molar-refractivity contribution is 4.83. The molecule has 2 rings (SSSR count). The van der Waals surface area contributed by atoms with Crippen LogP contribution in [0.3, 0.4) is 0 Å². The average Bonchev–Trinajstić information content (AvgIpc) is 2.57. The Hall–Kier alpha value is -0.120. The molecule has 13 heavy (non-hydrogen) atoms. The fraction of sp³-hybridized carbons (Fsp3) is 1.00. The predicted molar refractivity (Wildman–Crippen MR) is 52.8 cm³/mol. The molecule has 0 aliphatic carbocycles. The minimum Gasteiger partial charge on any atom is -0.380 e. The fourth-order valence-corrected chi connectivity index (χ4v) is 2.28. The van der Waals surface area contributed by atoms with Crippen molar-refractivity contribution in [2.75, 3.05) is 19.8 Å². The first kappa shape index (κ1) is 9.44. The lowest BCUT2D eigenvalue weighted by Crippen LogP contribution is -2.48. The van der Waals surface area contributed by atoms with Gasteiger partial charge < -0.3 is 15.4 Å². The van der Waals surface area contributed by atoms with E-state index in [2.05, 4.69) is 17.6 Å². The van der Waals surface area contributed by atoms with Crippen molar-refractivity contribution in [3.05, 3.63) is 0 Å². The minimum atomic E-state index is 0.621. The van der Waals surface area contributed by atoms with Gasteiger partial charge in [-0.3, -0.25) is 0 Å². The van der Waals surface area contributed by atoms with Crippen LogP contribution in [-0.4, -0.2) is 37.9 Å². The molecule has 0 spiro atoms.